The Morgan fingerprint density at radius 1 is 1.45 bits per heavy atom. The van der Waals surface area contributed by atoms with Crippen LogP contribution in [0.5, 0.6) is 0 Å². The summed E-state index contributed by atoms with van der Waals surface area (Å²) < 4.78 is -0.575. The summed E-state index contributed by atoms with van der Waals surface area (Å²) >= 11 is 11.7. The molecule has 2 aliphatic carbocycles. The average Bonchev–Trinajstić information content (AvgIpc) is 2.76. The lowest BCUT2D eigenvalue weighted by molar-refractivity contribution is -0.112. The molecule has 0 saturated heterocycles. The molecule has 0 radical (unpaired) electrons. The lowest BCUT2D eigenvalue weighted by atomic mass is 10.0. The van der Waals surface area contributed by atoms with Gasteiger partial charge in [-0.2, -0.15) is 0 Å². The first-order chi connectivity index (χ1) is 5.15. The highest BCUT2D eigenvalue weighted by molar-refractivity contribution is 6.51. The number of aldehydes is 1. The fourth-order valence-corrected chi connectivity index (χ4v) is 2.29. The fourth-order valence-electron chi connectivity index (χ4n) is 1.67. The molecule has 0 N–H and O–H groups in total. The molecular formula is C8H10Cl2O. The smallest absolute Gasteiger partial charge is 0.123 e. The third kappa shape index (κ3) is 1.41. The van der Waals surface area contributed by atoms with E-state index < -0.39 is 4.33 Å². The van der Waals surface area contributed by atoms with Gasteiger partial charge in [-0.1, -0.05) is 0 Å². The maximum absolute atomic E-state index is 10.6. The van der Waals surface area contributed by atoms with Crippen molar-refractivity contribution in [3.05, 3.63) is 0 Å². The number of alkyl halides is 2. The van der Waals surface area contributed by atoms with Crippen molar-refractivity contribution >= 4 is 29.5 Å². The standard InChI is InChI=1S/C8H10Cl2O/c9-8(10)3-7(8)6(4-11)5-1-2-5/h4-7H,1-3H2. The van der Waals surface area contributed by atoms with Crippen LogP contribution in [0.25, 0.3) is 0 Å². The minimum Gasteiger partial charge on any atom is -0.303 e. The van der Waals surface area contributed by atoms with Crippen molar-refractivity contribution in [2.75, 3.05) is 0 Å². The number of halogens is 2. The molecule has 2 saturated carbocycles. The molecule has 62 valence electrons. The number of carbonyl (C=O) groups excluding carboxylic acids is 1. The van der Waals surface area contributed by atoms with Crippen LogP contribution in [0.2, 0.25) is 0 Å². The van der Waals surface area contributed by atoms with Crippen LogP contribution in [0.1, 0.15) is 19.3 Å². The van der Waals surface area contributed by atoms with E-state index in [0.717, 1.165) is 12.7 Å². The van der Waals surface area contributed by atoms with E-state index in [0.29, 0.717) is 5.92 Å². The second kappa shape index (κ2) is 2.37. The summed E-state index contributed by atoms with van der Waals surface area (Å²) in [5, 5.41) is 0. The third-order valence-corrected chi connectivity index (χ3v) is 3.53. The third-order valence-electron chi connectivity index (χ3n) is 2.66. The highest BCUT2D eigenvalue weighted by Gasteiger charge is 2.58. The molecule has 3 heteroatoms. The van der Waals surface area contributed by atoms with Gasteiger partial charge in [0.15, 0.2) is 0 Å². The van der Waals surface area contributed by atoms with E-state index >= 15 is 0 Å². The second-order valence-electron chi connectivity index (χ2n) is 3.62. The first-order valence-electron chi connectivity index (χ1n) is 3.98. The summed E-state index contributed by atoms with van der Waals surface area (Å²) in [6.07, 6.45) is 4.21. The minimum absolute atomic E-state index is 0.144. The molecule has 2 aliphatic rings. The Kier molecular flexibility index (Phi) is 1.69. The maximum atomic E-state index is 10.6. The normalized spacial score (nSPS) is 36.4. The monoisotopic (exact) mass is 192 g/mol. The van der Waals surface area contributed by atoms with E-state index in [4.69, 9.17) is 23.2 Å². The van der Waals surface area contributed by atoms with Crippen molar-refractivity contribution in [3.63, 3.8) is 0 Å². The molecule has 0 aliphatic heterocycles. The summed E-state index contributed by atoms with van der Waals surface area (Å²) in [6, 6.07) is 0. The van der Waals surface area contributed by atoms with Crippen molar-refractivity contribution < 1.29 is 4.79 Å². The van der Waals surface area contributed by atoms with Gasteiger partial charge in [-0.05, 0) is 25.2 Å². The molecule has 0 heterocycles. The summed E-state index contributed by atoms with van der Waals surface area (Å²) in [7, 11) is 0. The molecule has 0 spiro atoms. The molecule has 2 atom stereocenters. The Labute approximate surface area is 76.1 Å². The topological polar surface area (TPSA) is 17.1 Å². The highest BCUT2D eigenvalue weighted by atomic mass is 35.5. The number of hydrogen-bond donors (Lipinski definition) is 0. The van der Waals surface area contributed by atoms with Gasteiger partial charge in [0.05, 0.1) is 0 Å². The van der Waals surface area contributed by atoms with Gasteiger partial charge in [-0.25, -0.2) is 0 Å². The Bertz CT molecular complexity index is 187. The predicted molar refractivity (Wildman–Crippen MR) is 44.8 cm³/mol. The molecule has 11 heavy (non-hydrogen) atoms. The SMILES string of the molecule is O=CC(C1CC1)C1CC1(Cl)Cl. The van der Waals surface area contributed by atoms with Gasteiger partial charge in [0.25, 0.3) is 0 Å². The summed E-state index contributed by atoms with van der Waals surface area (Å²) in [4.78, 5) is 10.6. The molecule has 0 aromatic heterocycles. The van der Waals surface area contributed by atoms with E-state index in [1.807, 2.05) is 0 Å². The fraction of sp³-hybridized carbons (Fsp3) is 0.875. The molecule has 0 amide bonds. The zero-order chi connectivity index (χ0) is 8.06. The van der Waals surface area contributed by atoms with E-state index in [-0.39, 0.29) is 11.8 Å². The Morgan fingerprint density at radius 2 is 2.00 bits per heavy atom. The van der Waals surface area contributed by atoms with Gasteiger partial charge in [-0.15, -0.1) is 23.2 Å². The lowest BCUT2D eigenvalue weighted by Gasteiger charge is -2.06. The van der Waals surface area contributed by atoms with Crippen LogP contribution in [0, 0.1) is 17.8 Å². The van der Waals surface area contributed by atoms with Gasteiger partial charge >= 0.3 is 0 Å². The van der Waals surface area contributed by atoms with Gasteiger partial charge in [0.2, 0.25) is 0 Å². The number of rotatable bonds is 3. The average molecular weight is 193 g/mol. The summed E-state index contributed by atoms with van der Waals surface area (Å²) in [5.41, 5.74) is 0. The number of hydrogen-bond acceptors (Lipinski definition) is 1. The summed E-state index contributed by atoms with van der Waals surface area (Å²) in [6.45, 7) is 0. The summed E-state index contributed by atoms with van der Waals surface area (Å²) in [5.74, 6) is 0.984. The lowest BCUT2D eigenvalue weighted by Crippen LogP contribution is -2.11. The van der Waals surface area contributed by atoms with Crippen LogP contribution >= 0.6 is 23.2 Å². The van der Waals surface area contributed by atoms with Crippen LogP contribution in [-0.4, -0.2) is 10.6 Å². The Morgan fingerprint density at radius 3 is 2.27 bits per heavy atom. The van der Waals surface area contributed by atoms with Crippen LogP contribution in [-0.2, 0) is 4.79 Å². The van der Waals surface area contributed by atoms with E-state index in [2.05, 4.69) is 0 Å². The first-order valence-corrected chi connectivity index (χ1v) is 4.74. The molecule has 2 unspecified atom stereocenters. The van der Waals surface area contributed by atoms with Crippen LogP contribution in [0.3, 0.4) is 0 Å². The van der Waals surface area contributed by atoms with Crippen LogP contribution in [0.15, 0.2) is 0 Å². The zero-order valence-electron chi connectivity index (χ0n) is 6.09. The molecule has 2 fully saturated rings. The second-order valence-corrected chi connectivity index (χ2v) is 5.16. The first kappa shape index (κ1) is 7.88. The van der Waals surface area contributed by atoms with E-state index in [9.17, 15) is 4.79 Å². The van der Waals surface area contributed by atoms with Crippen molar-refractivity contribution in [1.29, 1.82) is 0 Å². The highest BCUT2D eigenvalue weighted by Crippen LogP contribution is 2.60. The van der Waals surface area contributed by atoms with E-state index in [1.165, 1.54) is 12.8 Å². The molecule has 2 rings (SSSR count). The molecule has 1 nitrogen and oxygen atoms in total. The van der Waals surface area contributed by atoms with Gasteiger partial charge in [-0.3, -0.25) is 0 Å². The zero-order valence-corrected chi connectivity index (χ0v) is 7.61. The number of carbonyl (C=O) groups is 1. The van der Waals surface area contributed by atoms with Crippen molar-refractivity contribution in [1.82, 2.24) is 0 Å². The van der Waals surface area contributed by atoms with Gasteiger partial charge in [0, 0.05) is 11.8 Å². The Hall–Kier alpha value is 0.250. The van der Waals surface area contributed by atoms with Gasteiger partial charge in [0.1, 0.15) is 10.6 Å². The van der Waals surface area contributed by atoms with Crippen LogP contribution < -0.4 is 0 Å². The van der Waals surface area contributed by atoms with Crippen molar-refractivity contribution in [2.45, 2.75) is 23.6 Å². The van der Waals surface area contributed by atoms with Gasteiger partial charge < -0.3 is 4.79 Å². The maximum Gasteiger partial charge on any atom is 0.123 e. The van der Waals surface area contributed by atoms with Crippen molar-refractivity contribution in [2.24, 2.45) is 17.8 Å². The molecule has 0 bridgehead atoms. The molecule has 0 aromatic rings. The predicted octanol–water partition coefficient (Wildman–Crippen LogP) is 2.41. The van der Waals surface area contributed by atoms with E-state index in [1.54, 1.807) is 0 Å². The Balaban J connectivity index is 1.97. The largest absolute Gasteiger partial charge is 0.303 e. The minimum atomic E-state index is -0.575. The van der Waals surface area contributed by atoms with Crippen molar-refractivity contribution in [3.8, 4) is 0 Å². The molecular weight excluding hydrogens is 183 g/mol. The molecule has 0 aromatic carbocycles. The quantitative estimate of drug-likeness (QED) is 0.496. The van der Waals surface area contributed by atoms with Crippen LogP contribution in [0.4, 0.5) is 0 Å².